The number of hydrogen-bond donors (Lipinski definition) is 0. The zero-order valence-electron chi connectivity index (χ0n) is 15.2. The molecule has 12 heteroatoms. The number of aromatic nitrogens is 2. The summed E-state index contributed by atoms with van der Waals surface area (Å²) in [6, 6.07) is 8.26. The van der Waals surface area contributed by atoms with E-state index in [2.05, 4.69) is 10.1 Å². The van der Waals surface area contributed by atoms with E-state index in [1.54, 1.807) is 6.26 Å². The van der Waals surface area contributed by atoms with Crippen LogP contribution in [0, 0.1) is 10.1 Å². The number of ether oxygens (including phenoxy) is 1. The molecule has 8 nitrogen and oxygen atoms in total. The van der Waals surface area contributed by atoms with Gasteiger partial charge in [-0.1, -0.05) is 17.3 Å². The topological polar surface area (TPSA) is 108 Å². The first-order valence-electron chi connectivity index (χ1n) is 8.19. The van der Waals surface area contributed by atoms with Crippen molar-refractivity contribution in [3.63, 3.8) is 0 Å². The first kappa shape index (κ1) is 21.3. The van der Waals surface area contributed by atoms with Crippen molar-refractivity contribution < 1.29 is 32.1 Å². The van der Waals surface area contributed by atoms with Crippen molar-refractivity contribution in [3.05, 3.63) is 69.6 Å². The Hall–Kier alpha value is -3.41. The van der Waals surface area contributed by atoms with E-state index >= 15 is 0 Å². The maximum Gasteiger partial charge on any atom is 0.416 e. The number of halogens is 3. The maximum atomic E-state index is 12.8. The third-order valence-corrected chi connectivity index (χ3v) is 4.64. The van der Waals surface area contributed by atoms with E-state index in [0.29, 0.717) is 4.90 Å². The fraction of sp³-hybridized carbons (Fsp3) is 0.167. The standard InChI is InChI=1S/C18H12F3N3O5S/c1-30-14-6-5-11(8-13(14)24(26)27)17(25)28-9-15-22-16(23-29-15)10-3-2-4-12(7-10)18(19,20)21/h2-8H,9H2,1H3. The van der Waals surface area contributed by atoms with Crippen LogP contribution in [0.15, 0.2) is 51.9 Å². The minimum atomic E-state index is -4.52. The number of nitro benzene ring substituents is 1. The summed E-state index contributed by atoms with van der Waals surface area (Å²) in [6.45, 7) is -0.455. The van der Waals surface area contributed by atoms with Crippen LogP contribution < -0.4 is 0 Å². The molecule has 156 valence electrons. The smallest absolute Gasteiger partial charge is 0.416 e. The van der Waals surface area contributed by atoms with Gasteiger partial charge in [-0.15, -0.1) is 11.8 Å². The van der Waals surface area contributed by atoms with Gasteiger partial charge in [0.15, 0.2) is 6.61 Å². The Kier molecular flexibility index (Phi) is 6.06. The highest BCUT2D eigenvalue weighted by Crippen LogP contribution is 2.31. The lowest BCUT2D eigenvalue weighted by Crippen LogP contribution is -2.06. The van der Waals surface area contributed by atoms with Crippen LogP contribution in [0.4, 0.5) is 18.9 Å². The molecule has 0 aliphatic heterocycles. The average molecular weight is 439 g/mol. The summed E-state index contributed by atoms with van der Waals surface area (Å²) in [4.78, 5) is 26.9. The van der Waals surface area contributed by atoms with Gasteiger partial charge in [-0.3, -0.25) is 10.1 Å². The van der Waals surface area contributed by atoms with Crippen LogP contribution in [-0.2, 0) is 17.5 Å². The van der Waals surface area contributed by atoms with Crippen LogP contribution in [0.5, 0.6) is 0 Å². The number of esters is 1. The van der Waals surface area contributed by atoms with Gasteiger partial charge in [0, 0.05) is 11.6 Å². The van der Waals surface area contributed by atoms with Crippen molar-refractivity contribution in [2.45, 2.75) is 17.7 Å². The summed E-state index contributed by atoms with van der Waals surface area (Å²) in [5, 5.41) is 14.7. The number of carbonyl (C=O) groups excluding carboxylic acids is 1. The Balaban J connectivity index is 1.71. The molecule has 30 heavy (non-hydrogen) atoms. The van der Waals surface area contributed by atoms with Crippen LogP contribution >= 0.6 is 11.8 Å². The highest BCUT2D eigenvalue weighted by Gasteiger charge is 2.30. The fourth-order valence-corrected chi connectivity index (χ4v) is 2.98. The monoisotopic (exact) mass is 439 g/mol. The summed E-state index contributed by atoms with van der Waals surface area (Å²) in [5.74, 6) is -1.11. The van der Waals surface area contributed by atoms with Crippen LogP contribution in [0.2, 0.25) is 0 Å². The van der Waals surface area contributed by atoms with Gasteiger partial charge in [0.05, 0.1) is 20.9 Å². The van der Waals surface area contributed by atoms with Gasteiger partial charge < -0.3 is 9.26 Å². The molecule has 0 spiro atoms. The highest BCUT2D eigenvalue weighted by atomic mass is 32.2. The summed E-state index contributed by atoms with van der Waals surface area (Å²) in [6.07, 6.45) is -2.86. The van der Waals surface area contributed by atoms with Crippen molar-refractivity contribution in [3.8, 4) is 11.4 Å². The van der Waals surface area contributed by atoms with E-state index in [4.69, 9.17) is 9.26 Å². The van der Waals surface area contributed by atoms with Gasteiger partial charge >= 0.3 is 12.1 Å². The molecule has 0 saturated heterocycles. The molecule has 0 saturated carbocycles. The number of alkyl halides is 3. The number of nitrogens with zero attached hydrogens (tertiary/aromatic N) is 3. The number of benzene rings is 2. The lowest BCUT2D eigenvalue weighted by atomic mass is 10.1. The summed E-state index contributed by atoms with van der Waals surface area (Å²) in [7, 11) is 0. The van der Waals surface area contributed by atoms with Crippen molar-refractivity contribution in [2.24, 2.45) is 0 Å². The number of nitro groups is 1. The molecule has 0 atom stereocenters. The lowest BCUT2D eigenvalue weighted by molar-refractivity contribution is -0.387. The van der Waals surface area contributed by atoms with Gasteiger partial charge in [-0.25, -0.2) is 4.79 Å². The molecule has 1 heterocycles. The normalized spacial score (nSPS) is 11.3. The quantitative estimate of drug-likeness (QED) is 0.234. The molecule has 2 aromatic carbocycles. The molecule has 0 unspecified atom stereocenters. The second-order valence-corrected chi connectivity index (χ2v) is 6.66. The van der Waals surface area contributed by atoms with E-state index in [0.717, 1.165) is 30.0 Å². The summed E-state index contributed by atoms with van der Waals surface area (Å²) < 4.78 is 48.4. The largest absolute Gasteiger partial charge is 0.452 e. The minimum Gasteiger partial charge on any atom is -0.452 e. The van der Waals surface area contributed by atoms with E-state index in [9.17, 15) is 28.1 Å². The molecular formula is C18H12F3N3O5S. The Morgan fingerprint density at radius 1 is 1.27 bits per heavy atom. The molecule has 0 radical (unpaired) electrons. The van der Waals surface area contributed by atoms with Crippen LogP contribution in [-0.4, -0.2) is 27.3 Å². The zero-order valence-corrected chi connectivity index (χ0v) is 16.0. The highest BCUT2D eigenvalue weighted by molar-refractivity contribution is 7.98. The van der Waals surface area contributed by atoms with Crippen LogP contribution in [0.1, 0.15) is 21.8 Å². The second kappa shape index (κ2) is 8.53. The van der Waals surface area contributed by atoms with Gasteiger partial charge in [-0.2, -0.15) is 18.2 Å². The first-order valence-corrected chi connectivity index (χ1v) is 9.41. The summed E-state index contributed by atoms with van der Waals surface area (Å²) in [5.41, 5.74) is -1.07. The molecule has 0 aliphatic rings. The molecule has 0 aliphatic carbocycles. The average Bonchev–Trinajstić information content (AvgIpc) is 3.20. The fourth-order valence-electron chi connectivity index (χ4n) is 2.44. The maximum absolute atomic E-state index is 12.8. The van der Waals surface area contributed by atoms with Crippen molar-refractivity contribution in [1.29, 1.82) is 0 Å². The van der Waals surface area contributed by atoms with Crippen LogP contribution in [0.25, 0.3) is 11.4 Å². The molecule has 1 aromatic heterocycles. The molecule has 3 rings (SSSR count). The first-order chi connectivity index (χ1) is 14.2. The van der Waals surface area contributed by atoms with Gasteiger partial charge in [0.1, 0.15) is 0 Å². The number of hydrogen-bond acceptors (Lipinski definition) is 8. The third-order valence-electron chi connectivity index (χ3n) is 3.85. The van der Waals surface area contributed by atoms with E-state index in [1.165, 1.54) is 24.3 Å². The predicted octanol–water partition coefficient (Wildman–Crippen LogP) is 4.74. The Morgan fingerprint density at radius 2 is 2.03 bits per heavy atom. The molecule has 0 N–H and O–H groups in total. The van der Waals surface area contributed by atoms with E-state index in [1.807, 2.05) is 0 Å². The number of carbonyl (C=O) groups is 1. The van der Waals surface area contributed by atoms with Crippen LogP contribution in [0.3, 0.4) is 0 Å². The SMILES string of the molecule is CSc1ccc(C(=O)OCc2nc(-c3cccc(C(F)(F)F)c3)no2)cc1[N+](=O)[O-]. The Labute approximate surface area is 171 Å². The van der Waals surface area contributed by atoms with E-state index in [-0.39, 0.29) is 28.5 Å². The molecule has 3 aromatic rings. The third kappa shape index (κ3) is 4.76. The van der Waals surface area contributed by atoms with Crippen molar-refractivity contribution >= 4 is 23.4 Å². The molecule has 0 amide bonds. The minimum absolute atomic E-state index is 0.0443. The molecule has 0 fully saturated rings. The van der Waals surface area contributed by atoms with Gasteiger partial charge in [0.2, 0.25) is 5.82 Å². The second-order valence-electron chi connectivity index (χ2n) is 5.81. The molecule has 0 bridgehead atoms. The lowest BCUT2D eigenvalue weighted by Gasteiger charge is -2.06. The van der Waals surface area contributed by atoms with E-state index < -0.39 is 29.2 Å². The van der Waals surface area contributed by atoms with Crippen molar-refractivity contribution in [2.75, 3.05) is 6.26 Å². The van der Waals surface area contributed by atoms with Gasteiger partial charge in [0.25, 0.3) is 11.6 Å². The number of rotatable bonds is 6. The zero-order chi connectivity index (χ0) is 21.9. The summed E-state index contributed by atoms with van der Waals surface area (Å²) >= 11 is 1.16. The number of thioether (sulfide) groups is 1. The Bertz CT molecular complexity index is 1100. The van der Waals surface area contributed by atoms with Gasteiger partial charge in [-0.05, 0) is 30.5 Å². The Morgan fingerprint density at radius 3 is 2.70 bits per heavy atom. The predicted molar refractivity (Wildman–Crippen MR) is 98.7 cm³/mol. The van der Waals surface area contributed by atoms with Crippen molar-refractivity contribution in [1.82, 2.24) is 10.1 Å². The molecular weight excluding hydrogens is 427 g/mol.